The number of allylic oxidation sites excluding steroid dienone is 2. The Labute approximate surface area is 96.9 Å². The lowest BCUT2D eigenvalue weighted by molar-refractivity contribution is 0.705. The van der Waals surface area contributed by atoms with E-state index in [0.717, 1.165) is 0 Å². The summed E-state index contributed by atoms with van der Waals surface area (Å²) in [5, 5.41) is 0. The molecular weight excluding hydrogens is 364 g/mol. The first kappa shape index (κ1) is 11.9. The van der Waals surface area contributed by atoms with Crippen LogP contribution in [0.2, 0.25) is 0 Å². The Morgan fingerprint density at radius 2 is 1.91 bits per heavy atom. The van der Waals surface area contributed by atoms with E-state index < -0.39 is 0 Å². The minimum Gasteiger partial charge on any atom is -0.181 e. The molecule has 64 valence electrons. The summed E-state index contributed by atoms with van der Waals surface area (Å²) in [5.74, 6) is 0. The molecule has 0 spiro atoms. The van der Waals surface area contributed by atoms with Gasteiger partial charge in [0, 0.05) is 45.7 Å². The molecule has 1 atom stereocenters. The fourth-order valence-corrected chi connectivity index (χ4v) is 1.43. The minimum absolute atomic E-state index is 0.484. The molecule has 1 nitrogen and oxygen atoms in total. The van der Waals surface area contributed by atoms with E-state index in [-0.39, 0.29) is 0 Å². The van der Waals surface area contributed by atoms with E-state index >= 15 is 0 Å². The van der Waals surface area contributed by atoms with Gasteiger partial charge in [0.25, 0.3) is 0 Å². The van der Waals surface area contributed by atoms with Crippen molar-refractivity contribution in [1.29, 1.82) is 0 Å². The topological polar surface area (TPSA) is 3.24 Å². The fourth-order valence-electron chi connectivity index (χ4n) is 0.782. The maximum absolute atomic E-state index is 2.29. The molecule has 0 saturated heterocycles. The summed E-state index contributed by atoms with van der Waals surface area (Å²) in [6, 6.07) is 0.484. The normalized spacial score (nSPS) is 16.4. The quantitative estimate of drug-likeness (QED) is 0.410. The average Bonchev–Trinajstić information content (AvgIpc) is 1.98. The zero-order valence-corrected chi connectivity index (χ0v) is 11.3. The van der Waals surface area contributed by atoms with Crippen molar-refractivity contribution < 1.29 is 0 Å². The first-order valence-corrected chi connectivity index (χ1v) is 5.46. The van der Waals surface area contributed by atoms with Gasteiger partial charge in [0.05, 0.1) is 6.04 Å². The molecule has 0 heterocycles. The van der Waals surface area contributed by atoms with Gasteiger partial charge in [-0.15, -0.1) is 0 Å². The molecule has 0 unspecified atom stereocenters. The molecule has 0 N–H and O–H groups in total. The highest BCUT2D eigenvalue weighted by atomic mass is 127. The Kier molecular flexibility index (Phi) is 6.94. The smallest absolute Gasteiger partial charge is 0.0515 e. The van der Waals surface area contributed by atoms with Crippen LogP contribution in [0.15, 0.2) is 23.8 Å². The van der Waals surface area contributed by atoms with E-state index in [1.165, 1.54) is 5.57 Å². The third-order valence-electron chi connectivity index (χ3n) is 1.47. The summed E-state index contributed by atoms with van der Waals surface area (Å²) in [6.07, 6.45) is 6.37. The van der Waals surface area contributed by atoms with Crippen molar-refractivity contribution >= 4 is 45.7 Å². The molecule has 0 aliphatic carbocycles. The molecule has 0 bridgehead atoms. The molecule has 0 aromatic rings. The second-order valence-corrected chi connectivity index (χ2v) is 6.15. The monoisotopic (exact) mass is 377 g/mol. The maximum atomic E-state index is 2.29. The Bertz CT molecular complexity index is 161. The molecule has 11 heavy (non-hydrogen) atoms. The van der Waals surface area contributed by atoms with Crippen molar-refractivity contribution in [3.63, 3.8) is 0 Å². The van der Waals surface area contributed by atoms with Crippen molar-refractivity contribution in [1.82, 2.24) is 1.33 Å². The number of hydrogen-bond acceptors (Lipinski definition) is 1. The van der Waals surface area contributed by atoms with Gasteiger partial charge in [0.2, 0.25) is 0 Å². The van der Waals surface area contributed by atoms with Gasteiger partial charge in [0.15, 0.2) is 0 Å². The minimum atomic E-state index is 0.484. The lowest BCUT2D eigenvalue weighted by Crippen LogP contribution is -2.15. The lowest BCUT2D eigenvalue weighted by Gasteiger charge is -2.16. The highest BCUT2D eigenvalue weighted by molar-refractivity contribution is 14.2. The van der Waals surface area contributed by atoms with Gasteiger partial charge in [-0.05, 0) is 26.3 Å². The molecule has 0 saturated carbocycles. The summed E-state index contributed by atoms with van der Waals surface area (Å²) >= 11 is 4.58. The Hall–Kier alpha value is 0.900. The summed E-state index contributed by atoms with van der Waals surface area (Å²) in [7, 11) is 0. The van der Waals surface area contributed by atoms with E-state index in [0.29, 0.717) is 6.04 Å². The molecule has 0 aliphatic rings. The summed E-state index contributed by atoms with van der Waals surface area (Å²) in [6.45, 7) is 6.30. The van der Waals surface area contributed by atoms with Crippen molar-refractivity contribution in [2.24, 2.45) is 0 Å². The highest BCUT2D eigenvalue weighted by Gasteiger charge is 2.09. The van der Waals surface area contributed by atoms with Gasteiger partial charge in [-0.2, -0.15) is 1.33 Å². The molecule has 0 amide bonds. The van der Waals surface area contributed by atoms with Crippen LogP contribution in [0.1, 0.15) is 20.8 Å². The van der Waals surface area contributed by atoms with Gasteiger partial charge in [-0.25, -0.2) is 0 Å². The van der Waals surface area contributed by atoms with Gasteiger partial charge < -0.3 is 0 Å². The van der Waals surface area contributed by atoms with Crippen LogP contribution in [0.5, 0.6) is 0 Å². The van der Waals surface area contributed by atoms with Crippen LogP contribution < -0.4 is 0 Å². The molecule has 3 heteroatoms. The third-order valence-corrected chi connectivity index (χ3v) is 3.14. The predicted molar refractivity (Wildman–Crippen MR) is 67.9 cm³/mol. The van der Waals surface area contributed by atoms with Crippen LogP contribution in [0.25, 0.3) is 0 Å². The SMILES string of the molecule is C/C=C\C(=C/C)[C@H](C)N(I)I. The highest BCUT2D eigenvalue weighted by Crippen LogP contribution is 2.20. The summed E-state index contributed by atoms with van der Waals surface area (Å²) < 4.78 is 2.14. The van der Waals surface area contributed by atoms with Crippen LogP contribution in [0.3, 0.4) is 0 Å². The Morgan fingerprint density at radius 1 is 1.36 bits per heavy atom. The second kappa shape index (κ2) is 6.42. The Morgan fingerprint density at radius 3 is 2.18 bits per heavy atom. The fraction of sp³-hybridized carbons (Fsp3) is 0.500. The van der Waals surface area contributed by atoms with Crippen molar-refractivity contribution in [2.75, 3.05) is 0 Å². The van der Waals surface area contributed by atoms with Gasteiger partial charge in [0.1, 0.15) is 0 Å². The van der Waals surface area contributed by atoms with E-state index in [1.54, 1.807) is 0 Å². The van der Waals surface area contributed by atoms with Crippen LogP contribution in [-0.4, -0.2) is 7.37 Å². The van der Waals surface area contributed by atoms with E-state index in [1.807, 2.05) is 6.92 Å². The zero-order chi connectivity index (χ0) is 8.85. The number of hydrogen-bond donors (Lipinski definition) is 0. The third kappa shape index (κ3) is 4.47. The molecular formula is C8H13I2N. The predicted octanol–water partition coefficient (Wildman–Crippen LogP) is 3.90. The van der Waals surface area contributed by atoms with Crippen molar-refractivity contribution in [3.05, 3.63) is 23.8 Å². The van der Waals surface area contributed by atoms with Crippen LogP contribution in [-0.2, 0) is 0 Å². The van der Waals surface area contributed by atoms with Crippen LogP contribution in [0.4, 0.5) is 0 Å². The first-order chi connectivity index (χ1) is 5.13. The molecule has 0 aromatic heterocycles. The summed E-state index contributed by atoms with van der Waals surface area (Å²) in [4.78, 5) is 0. The van der Waals surface area contributed by atoms with Crippen LogP contribution in [0, 0.1) is 0 Å². The zero-order valence-electron chi connectivity index (χ0n) is 7.01. The number of halogens is 2. The first-order valence-electron chi connectivity index (χ1n) is 3.53. The Balaban J connectivity index is 4.27. The second-order valence-electron chi connectivity index (χ2n) is 2.22. The maximum Gasteiger partial charge on any atom is 0.0515 e. The van der Waals surface area contributed by atoms with Crippen molar-refractivity contribution in [2.45, 2.75) is 26.8 Å². The van der Waals surface area contributed by atoms with Gasteiger partial charge >= 0.3 is 0 Å². The van der Waals surface area contributed by atoms with E-state index in [9.17, 15) is 0 Å². The average molecular weight is 377 g/mol. The molecule has 0 rings (SSSR count). The standard InChI is InChI=1S/C8H13I2N/c1-4-6-8(5-2)7(3)11(9)10/h4-7H,1-3H3/b6-4-,8-5+/t7-/m0/s1. The molecule has 0 fully saturated rings. The van der Waals surface area contributed by atoms with Crippen molar-refractivity contribution in [3.8, 4) is 0 Å². The van der Waals surface area contributed by atoms with E-state index in [2.05, 4.69) is 79.1 Å². The number of rotatable bonds is 3. The summed E-state index contributed by atoms with van der Waals surface area (Å²) in [5.41, 5.74) is 1.36. The number of nitrogens with zero attached hydrogens (tertiary/aromatic N) is 1. The lowest BCUT2D eigenvalue weighted by atomic mass is 10.1. The largest absolute Gasteiger partial charge is 0.181 e. The van der Waals surface area contributed by atoms with E-state index in [4.69, 9.17) is 0 Å². The molecule has 0 radical (unpaired) electrons. The molecule has 0 aromatic carbocycles. The van der Waals surface area contributed by atoms with Crippen LogP contribution >= 0.6 is 45.7 Å². The molecule has 0 aliphatic heterocycles. The van der Waals surface area contributed by atoms with Gasteiger partial charge in [-0.3, -0.25) is 0 Å². The van der Waals surface area contributed by atoms with Gasteiger partial charge in [-0.1, -0.05) is 18.2 Å².